The summed E-state index contributed by atoms with van der Waals surface area (Å²) in [7, 11) is 0. The minimum absolute atomic E-state index is 0.175. The predicted molar refractivity (Wildman–Crippen MR) is 106 cm³/mol. The molecule has 0 bridgehead atoms. The van der Waals surface area contributed by atoms with E-state index in [1.165, 1.54) is 0 Å². The first-order chi connectivity index (χ1) is 12.9. The number of anilines is 2. The van der Waals surface area contributed by atoms with Gasteiger partial charge in [0.05, 0.1) is 13.2 Å². The number of H-pyrrole nitrogens is 1. The lowest BCUT2D eigenvalue weighted by atomic mass is 10.1. The third kappa shape index (κ3) is 4.87. The van der Waals surface area contributed by atoms with E-state index in [9.17, 15) is 9.59 Å². The molecule has 0 spiro atoms. The molecule has 1 aromatic heterocycles. The molecule has 0 unspecified atom stereocenters. The molecule has 1 fully saturated rings. The number of nitrogens with one attached hydrogen (secondary N) is 2. The van der Waals surface area contributed by atoms with E-state index in [0.29, 0.717) is 60.6 Å². The molecule has 1 amide bonds. The number of benzene rings is 1. The number of carbonyl (C=O) groups excluding carboxylic acids is 1. The Morgan fingerprint density at radius 2 is 2.07 bits per heavy atom. The van der Waals surface area contributed by atoms with Crippen LogP contribution < -0.4 is 15.8 Å². The van der Waals surface area contributed by atoms with Gasteiger partial charge in [-0.2, -0.15) is 0 Å². The zero-order chi connectivity index (χ0) is 19.4. The van der Waals surface area contributed by atoms with Crippen molar-refractivity contribution in [3.63, 3.8) is 0 Å². The Labute approximate surface area is 162 Å². The smallest absolute Gasteiger partial charge is 0.255 e. The van der Waals surface area contributed by atoms with Crippen LogP contribution in [0.2, 0.25) is 5.02 Å². The fraction of sp³-hybridized carbons (Fsp3) is 0.421. The van der Waals surface area contributed by atoms with Gasteiger partial charge in [0.25, 0.3) is 5.56 Å². The highest BCUT2D eigenvalue weighted by Crippen LogP contribution is 2.20. The zero-order valence-corrected chi connectivity index (χ0v) is 16.2. The molecule has 3 rings (SSSR count). The van der Waals surface area contributed by atoms with Crippen LogP contribution in [0.5, 0.6) is 0 Å². The highest BCUT2D eigenvalue weighted by molar-refractivity contribution is 6.31. The van der Waals surface area contributed by atoms with Crippen molar-refractivity contribution in [1.29, 1.82) is 0 Å². The standard InChI is InChI=1S/C19H23ClN4O3/c1-12-3-4-14(11-16(12)20)22-17(25)6-5-15-13(2)21-19(23-18(15)26)24-7-9-27-10-8-24/h3-4,11H,5-10H2,1-2H3,(H,22,25)(H,21,23,26). The van der Waals surface area contributed by atoms with E-state index in [4.69, 9.17) is 16.3 Å². The lowest BCUT2D eigenvalue weighted by Crippen LogP contribution is -2.38. The molecular weight excluding hydrogens is 368 g/mol. The van der Waals surface area contributed by atoms with Crippen molar-refractivity contribution in [2.24, 2.45) is 0 Å². The van der Waals surface area contributed by atoms with E-state index in [0.717, 1.165) is 5.56 Å². The number of ether oxygens (including phenoxy) is 1. The molecule has 1 aliphatic heterocycles. The van der Waals surface area contributed by atoms with Gasteiger partial charge in [0.1, 0.15) is 0 Å². The molecule has 1 saturated heterocycles. The van der Waals surface area contributed by atoms with Crippen LogP contribution in [0, 0.1) is 13.8 Å². The van der Waals surface area contributed by atoms with Crippen LogP contribution in [0.3, 0.4) is 0 Å². The topological polar surface area (TPSA) is 87.3 Å². The number of aryl methyl sites for hydroxylation is 2. The van der Waals surface area contributed by atoms with E-state index in [1.54, 1.807) is 19.1 Å². The summed E-state index contributed by atoms with van der Waals surface area (Å²) in [6.45, 7) is 6.33. The highest BCUT2D eigenvalue weighted by atomic mass is 35.5. The molecule has 0 radical (unpaired) electrons. The number of hydrogen-bond donors (Lipinski definition) is 2. The lowest BCUT2D eigenvalue weighted by Gasteiger charge is -2.27. The first kappa shape index (κ1) is 19.4. The lowest BCUT2D eigenvalue weighted by molar-refractivity contribution is -0.116. The molecule has 2 N–H and O–H groups in total. The zero-order valence-electron chi connectivity index (χ0n) is 15.5. The van der Waals surface area contributed by atoms with Gasteiger partial charge in [0.2, 0.25) is 11.9 Å². The number of nitrogens with zero attached hydrogens (tertiary/aromatic N) is 2. The third-order valence-corrected chi connectivity index (χ3v) is 4.99. The number of hydrogen-bond acceptors (Lipinski definition) is 5. The second-order valence-corrected chi connectivity index (χ2v) is 6.97. The number of aromatic nitrogens is 2. The van der Waals surface area contributed by atoms with Crippen molar-refractivity contribution >= 4 is 29.1 Å². The van der Waals surface area contributed by atoms with Gasteiger partial charge in [0, 0.05) is 41.5 Å². The number of amides is 1. The average Bonchev–Trinajstić information content (AvgIpc) is 2.64. The van der Waals surface area contributed by atoms with Crippen LogP contribution in [0.25, 0.3) is 0 Å². The minimum Gasteiger partial charge on any atom is -0.378 e. The monoisotopic (exact) mass is 390 g/mol. The van der Waals surface area contributed by atoms with E-state index < -0.39 is 0 Å². The third-order valence-electron chi connectivity index (χ3n) is 4.58. The molecule has 0 saturated carbocycles. The first-order valence-electron chi connectivity index (χ1n) is 8.92. The van der Waals surface area contributed by atoms with Crippen molar-refractivity contribution in [3.8, 4) is 0 Å². The van der Waals surface area contributed by atoms with E-state index >= 15 is 0 Å². The van der Waals surface area contributed by atoms with Crippen LogP contribution in [-0.2, 0) is 16.0 Å². The van der Waals surface area contributed by atoms with Gasteiger partial charge in [0.15, 0.2) is 0 Å². The summed E-state index contributed by atoms with van der Waals surface area (Å²) >= 11 is 6.07. The maximum atomic E-state index is 12.5. The molecule has 0 aliphatic carbocycles. The van der Waals surface area contributed by atoms with Crippen molar-refractivity contribution in [1.82, 2.24) is 9.97 Å². The summed E-state index contributed by atoms with van der Waals surface area (Å²) in [6.07, 6.45) is 0.511. The Bertz CT molecular complexity index is 891. The molecule has 7 nitrogen and oxygen atoms in total. The Hall–Kier alpha value is -2.38. The quantitative estimate of drug-likeness (QED) is 0.818. The molecule has 1 aromatic carbocycles. The second kappa shape index (κ2) is 8.54. The highest BCUT2D eigenvalue weighted by Gasteiger charge is 2.16. The number of aromatic amines is 1. The summed E-state index contributed by atoms with van der Waals surface area (Å²) in [6, 6.07) is 5.36. The number of morpholine rings is 1. The van der Waals surface area contributed by atoms with E-state index in [1.807, 2.05) is 17.9 Å². The summed E-state index contributed by atoms with van der Waals surface area (Å²) in [5, 5.41) is 3.40. The molecule has 0 atom stereocenters. The van der Waals surface area contributed by atoms with Gasteiger partial charge in [-0.1, -0.05) is 17.7 Å². The van der Waals surface area contributed by atoms with Crippen LogP contribution >= 0.6 is 11.6 Å². The van der Waals surface area contributed by atoms with Crippen molar-refractivity contribution in [2.75, 3.05) is 36.5 Å². The Balaban J connectivity index is 1.64. The maximum Gasteiger partial charge on any atom is 0.255 e. The van der Waals surface area contributed by atoms with Crippen LogP contribution in [0.4, 0.5) is 11.6 Å². The average molecular weight is 391 g/mol. The van der Waals surface area contributed by atoms with Crippen LogP contribution in [0.1, 0.15) is 23.2 Å². The summed E-state index contributed by atoms with van der Waals surface area (Å²) in [5.41, 5.74) is 2.57. The second-order valence-electron chi connectivity index (χ2n) is 6.57. The van der Waals surface area contributed by atoms with Crippen molar-refractivity contribution in [2.45, 2.75) is 26.7 Å². The number of halogens is 1. The summed E-state index contributed by atoms with van der Waals surface area (Å²) < 4.78 is 5.32. The Morgan fingerprint density at radius 1 is 1.33 bits per heavy atom. The molecule has 2 heterocycles. The summed E-state index contributed by atoms with van der Waals surface area (Å²) in [5.74, 6) is 0.384. The van der Waals surface area contributed by atoms with E-state index in [2.05, 4.69) is 15.3 Å². The number of carbonyl (C=O) groups is 1. The van der Waals surface area contributed by atoms with E-state index in [-0.39, 0.29) is 17.9 Å². The molecule has 1 aliphatic rings. The van der Waals surface area contributed by atoms with Gasteiger partial charge in [-0.3, -0.25) is 14.6 Å². The normalized spacial score (nSPS) is 14.3. The minimum atomic E-state index is -0.199. The first-order valence-corrected chi connectivity index (χ1v) is 9.30. The predicted octanol–water partition coefficient (Wildman–Crippen LogP) is 2.45. The van der Waals surface area contributed by atoms with Gasteiger partial charge >= 0.3 is 0 Å². The molecule has 27 heavy (non-hydrogen) atoms. The van der Waals surface area contributed by atoms with Crippen molar-refractivity contribution in [3.05, 3.63) is 50.4 Å². The molecule has 8 heteroatoms. The fourth-order valence-electron chi connectivity index (χ4n) is 2.95. The van der Waals surface area contributed by atoms with Gasteiger partial charge < -0.3 is 15.0 Å². The van der Waals surface area contributed by atoms with Crippen LogP contribution in [-0.4, -0.2) is 42.2 Å². The number of rotatable bonds is 5. The molecule has 144 valence electrons. The summed E-state index contributed by atoms with van der Waals surface area (Å²) in [4.78, 5) is 34.0. The van der Waals surface area contributed by atoms with Gasteiger partial charge in [-0.25, -0.2) is 4.98 Å². The SMILES string of the molecule is Cc1ccc(NC(=O)CCc2c(C)nc(N3CCOCC3)[nH]c2=O)cc1Cl. The van der Waals surface area contributed by atoms with Gasteiger partial charge in [-0.05, 0) is 38.0 Å². The van der Waals surface area contributed by atoms with Crippen LogP contribution in [0.15, 0.2) is 23.0 Å². The maximum absolute atomic E-state index is 12.5. The Morgan fingerprint density at radius 3 is 2.74 bits per heavy atom. The molecule has 2 aromatic rings. The fourth-order valence-corrected chi connectivity index (χ4v) is 3.13. The molecular formula is C19H23ClN4O3. The largest absolute Gasteiger partial charge is 0.378 e. The Kier molecular flexibility index (Phi) is 6.13. The van der Waals surface area contributed by atoms with Gasteiger partial charge in [-0.15, -0.1) is 0 Å². The van der Waals surface area contributed by atoms with Crippen molar-refractivity contribution < 1.29 is 9.53 Å².